The maximum atomic E-state index is 14.9. The highest BCUT2D eigenvalue weighted by atomic mass is 32.2. The molecule has 2 aromatic rings. The van der Waals surface area contributed by atoms with Crippen LogP contribution >= 0.6 is 0 Å². The van der Waals surface area contributed by atoms with Gasteiger partial charge in [-0.25, -0.2) is 13.4 Å². The molecule has 14 heteroatoms. The molecule has 1 N–H and O–H groups in total. The fourth-order valence-corrected chi connectivity index (χ4v) is 9.85. The van der Waals surface area contributed by atoms with Gasteiger partial charge in [0.2, 0.25) is 27.7 Å². The number of aromatic nitrogens is 1. The van der Waals surface area contributed by atoms with Crippen LogP contribution in [-0.2, 0) is 33.9 Å². The van der Waals surface area contributed by atoms with Crippen LogP contribution in [-0.4, -0.2) is 92.1 Å². The van der Waals surface area contributed by atoms with Crippen molar-refractivity contribution in [3.8, 4) is 11.6 Å². The second-order valence-electron chi connectivity index (χ2n) is 18.5. The average molecular weight is 809 g/mol. The number of amides is 2. The number of carbonyl (C=O) groups is 4. The topological polar surface area (TPSA) is 162 Å². The number of nitrogens with one attached hydrogen (secondary N) is 1. The van der Waals surface area contributed by atoms with Crippen LogP contribution in [0.5, 0.6) is 11.6 Å². The molecule has 2 aliphatic heterocycles. The molecule has 1 aromatic heterocycles. The maximum Gasteiger partial charge on any atom is 0.307 e. The number of esters is 1. The van der Waals surface area contributed by atoms with Gasteiger partial charge in [-0.15, -0.1) is 0 Å². The summed E-state index contributed by atoms with van der Waals surface area (Å²) in [6.45, 7) is 11.1. The Balaban J connectivity index is 1.36. The Labute approximate surface area is 337 Å². The van der Waals surface area contributed by atoms with Crippen molar-refractivity contribution in [1.29, 1.82) is 0 Å². The number of pyridine rings is 1. The van der Waals surface area contributed by atoms with Crippen LogP contribution in [0.4, 0.5) is 5.69 Å². The van der Waals surface area contributed by atoms with E-state index >= 15 is 0 Å². The summed E-state index contributed by atoms with van der Waals surface area (Å²) in [7, 11) is 1.50. The molecule has 6 rings (SSSR count). The Morgan fingerprint density at radius 1 is 1.09 bits per heavy atom. The fourth-order valence-electron chi connectivity index (χ4n) is 8.52. The summed E-state index contributed by atoms with van der Waals surface area (Å²) < 4.78 is 45.8. The van der Waals surface area contributed by atoms with Gasteiger partial charge in [0.15, 0.2) is 5.78 Å². The molecule has 13 nitrogen and oxygen atoms in total. The molecule has 2 amide bonds. The number of allylic oxidation sites excluding steroid dienone is 2. The third-order valence-corrected chi connectivity index (χ3v) is 14.6. The SMILES string of the molecule is COc1cnc(O[C@@H]2C[C@H]3C(=O)C[C@]4(C(=O)NS(=O)(=O)C5(C)CC5)C[C@H]4/C=C\CC[C@@H](C)C[C@@H](C)[C@H](CC(=O)OC(C)(C)C)C(=O)N3C2)c2ccc(N(C)C)cc12. The normalized spacial score (nSPS) is 29.6. The Hall–Kier alpha value is -4.20. The largest absolute Gasteiger partial charge is 0.494 e. The summed E-state index contributed by atoms with van der Waals surface area (Å²) in [4.78, 5) is 65.1. The predicted molar refractivity (Wildman–Crippen MR) is 217 cm³/mol. The Morgan fingerprint density at radius 2 is 1.81 bits per heavy atom. The van der Waals surface area contributed by atoms with Crippen molar-refractivity contribution in [1.82, 2.24) is 14.6 Å². The van der Waals surface area contributed by atoms with Crippen LogP contribution in [0.15, 0.2) is 36.5 Å². The quantitative estimate of drug-likeness (QED) is 0.234. The first kappa shape index (κ1) is 42.4. The zero-order valence-electron chi connectivity index (χ0n) is 34.9. The summed E-state index contributed by atoms with van der Waals surface area (Å²) >= 11 is 0. The minimum Gasteiger partial charge on any atom is -0.494 e. The van der Waals surface area contributed by atoms with E-state index in [1.165, 1.54) is 4.90 Å². The van der Waals surface area contributed by atoms with Crippen molar-refractivity contribution in [3.05, 3.63) is 36.5 Å². The Bertz CT molecular complexity index is 2040. The number of hydrogen-bond donors (Lipinski definition) is 1. The Kier molecular flexibility index (Phi) is 11.8. The molecule has 312 valence electrons. The molecule has 0 radical (unpaired) electrons. The lowest BCUT2D eigenvalue weighted by molar-refractivity contribution is -0.160. The van der Waals surface area contributed by atoms with Gasteiger partial charge in [0.1, 0.15) is 17.5 Å². The molecule has 1 aromatic carbocycles. The van der Waals surface area contributed by atoms with Crippen molar-refractivity contribution < 1.29 is 41.8 Å². The van der Waals surface area contributed by atoms with E-state index in [-0.39, 0.29) is 55.3 Å². The molecule has 57 heavy (non-hydrogen) atoms. The highest BCUT2D eigenvalue weighted by Gasteiger charge is 2.62. The molecule has 7 atom stereocenters. The first-order valence-electron chi connectivity index (χ1n) is 20.3. The second-order valence-corrected chi connectivity index (χ2v) is 20.6. The molecular formula is C43H60N4O9S. The smallest absolute Gasteiger partial charge is 0.307 e. The summed E-state index contributed by atoms with van der Waals surface area (Å²) in [5.74, 6) is -2.13. The van der Waals surface area contributed by atoms with E-state index in [1.807, 2.05) is 56.3 Å². The molecule has 3 fully saturated rings. The molecule has 2 saturated carbocycles. The van der Waals surface area contributed by atoms with Crippen molar-refractivity contribution in [2.24, 2.45) is 29.1 Å². The molecule has 0 unspecified atom stereocenters. The first-order valence-corrected chi connectivity index (χ1v) is 21.7. The van der Waals surface area contributed by atoms with Gasteiger partial charge in [-0.1, -0.05) is 26.0 Å². The molecule has 2 aliphatic carbocycles. The fraction of sp³-hybridized carbons (Fsp3) is 0.651. The van der Waals surface area contributed by atoms with E-state index < -0.39 is 55.7 Å². The minimum atomic E-state index is -3.96. The number of hydrogen-bond acceptors (Lipinski definition) is 11. The molecule has 4 aliphatic rings. The van der Waals surface area contributed by atoms with Crippen LogP contribution in [0.1, 0.15) is 99.3 Å². The van der Waals surface area contributed by atoms with E-state index in [0.29, 0.717) is 42.7 Å². The lowest BCUT2D eigenvalue weighted by Gasteiger charge is -2.32. The lowest BCUT2D eigenvalue weighted by atomic mass is 9.82. The van der Waals surface area contributed by atoms with Crippen molar-refractivity contribution in [3.63, 3.8) is 0 Å². The predicted octanol–water partition coefficient (Wildman–Crippen LogP) is 5.98. The highest BCUT2D eigenvalue weighted by Crippen LogP contribution is 2.58. The number of rotatable bonds is 9. The number of benzene rings is 1. The standard InChI is InChI=1S/C43H60N4O9S/c1-26-12-10-11-13-28-22-43(28,40(51)45-57(52,53)42(6)16-17-42)23-35(48)34-20-30(25-47(34)39(50)32(27(2)18-26)21-37(49)56-41(3,4)5)55-38-31-15-14-29(46(7)8)19-33(31)36(54-9)24-44-38/h11,13-15,19,24,26-28,30,32,34H,10,12,16-18,20-23,25H2,1-9H3,(H,45,51)/b13-11-/t26-,27-,28-,30-,32+,34+,43-/m1/s1. The monoisotopic (exact) mass is 808 g/mol. The summed E-state index contributed by atoms with van der Waals surface area (Å²) in [5, 5.41) is 1.48. The highest BCUT2D eigenvalue weighted by molar-refractivity contribution is 7.91. The minimum absolute atomic E-state index is 0.0442. The van der Waals surface area contributed by atoms with Crippen molar-refractivity contribution in [2.45, 2.75) is 122 Å². The molecule has 1 saturated heterocycles. The number of anilines is 1. The first-order chi connectivity index (χ1) is 26.7. The van der Waals surface area contributed by atoms with Crippen LogP contribution in [0.3, 0.4) is 0 Å². The summed E-state index contributed by atoms with van der Waals surface area (Å²) in [5.41, 5.74) is -1.08. The van der Waals surface area contributed by atoms with Gasteiger partial charge >= 0.3 is 5.97 Å². The number of Topliss-reactive ketones (excluding diaryl/α,β-unsaturated/α-hetero) is 1. The third kappa shape index (κ3) is 9.10. The van der Waals surface area contributed by atoms with Gasteiger partial charge in [-0.2, -0.15) is 0 Å². The Morgan fingerprint density at radius 3 is 2.46 bits per heavy atom. The summed E-state index contributed by atoms with van der Waals surface area (Å²) in [6.07, 6.45) is 8.04. The number of fused-ring (bicyclic) bond motifs is 3. The number of methoxy groups -OCH3 is 1. The van der Waals surface area contributed by atoms with E-state index in [9.17, 15) is 27.6 Å². The maximum absolute atomic E-state index is 14.9. The summed E-state index contributed by atoms with van der Waals surface area (Å²) in [6, 6.07) is 4.84. The molecular weight excluding hydrogens is 749 g/mol. The van der Waals surface area contributed by atoms with Gasteiger partial charge in [-0.05, 0) is 102 Å². The second kappa shape index (κ2) is 15.9. The van der Waals surface area contributed by atoms with E-state index in [1.54, 1.807) is 41.0 Å². The van der Waals surface area contributed by atoms with Gasteiger partial charge in [-0.3, -0.25) is 23.9 Å². The zero-order valence-corrected chi connectivity index (χ0v) is 35.7. The average Bonchev–Trinajstić information content (AvgIpc) is 4.01. The van der Waals surface area contributed by atoms with Gasteiger partial charge in [0.05, 0.1) is 48.4 Å². The van der Waals surface area contributed by atoms with Crippen LogP contribution in [0, 0.1) is 29.1 Å². The molecule has 0 spiro atoms. The third-order valence-electron chi connectivity index (χ3n) is 12.4. The number of sulfonamides is 1. The number of carbonyl (C=O) groups excluding carboxylic acids is 4. The van der Waals surface area contributed by atoms with Gasteiger partial charge < -0.3 is 24.0 Å². The number of nitrogens with zero attached hydrogens (tertiary/aromatic N) is 3. The van der Waals surface area contributed by atoms with E-state index in [2.05, 4.69) is 16.6 Å². The number of ketones is 1. The number of ether oxygens (including phenoxy) is 3. The van der Waals surface area contributed by atoms with Crippen LogP contribution in [0.2, 0.25) is 0 Å². The van der Waals surface area contributed by atoms with E-state index in [4.69, 9.17) is 14.2 Å². The lowest BCUT2D eigenvalue weighted by Crippen LogP contribution is -2.48. The molecule has 3 heterocycles. The van der Waals surface area contributed by atoms with Crippen LogP contribution < -0.4 is 19.1 Å². The zero-order chi connectivity index (χ0) is 41.7. The van der Waals surface area contributed by atoms with Gasteiger partial charge in [0.25, 0.3) is 0 Å². The van der Waals surface area contributed by atoms with Gasteiger partial charge in [0, 0.05) is 43.4 Å². The molecule has 0 bridgehead atoms. The van der Waals surface area contributed by atoms with E-state index in [0.717, 1.165) is 23.9 Å². The van der Waals surface area contributed by atoms with Crippen LogP contribution in [0.25, 0.3) is 10.8 Å². The van der Waals surface area contributed by atoms with Crippen molar-refractivity contribution >= 4 is 50.1 Å². The van der Waals surface area contributed by atoms with Crippen molar-refractivity contribution in [2.75, 3.05) is 32.6 Å².